The zero-order chi connectivity index (χ0) is 18.1. The van der Waals surface area contributed by atoms with Crippen LogP contribution in [0.25, 0.3) is 10.8 Å². The van der Waals surface area contributed by atoms with Gasteiger partial charge in [0.15, 0.2) is 11.6 Å². The fourth-order valence-corrected chi connectivity index (χ4v) is 2.43. The van der Waals surface area contributed by atoms with Crippen molar-refractivity contribution >= 4 is 10.8 Å². The topological polar surface area (TPSA) is 39.4 Å². The van der Waals surface area contributed by atoms with Crippen molar-refractivity contribution < 1.29 is 13.5 Å². The lowest BCUT2D eigenvalue weighted by Gasteiger charge is -2.08. The van der Waals surface area contributed by atoms with Gasteiger partial charge in [0, 0.05) is 6.42 Å². The van der Waals surface area contributed by atoms with Gasteiger partial charge in [-0.25, -0.2) is 9.18 Å². The number of benzene rings is 1. The summed E-state index contributed by atoms with van der Waals surface area (Å²) < 4.78 is 25.1. The van der Waals surface area contributed by atoms with Crippen molar-refractivity contribution in [3.05, 3.63) is 77.7 Å². The van der Waals surface area contributed by atoms with Crippen molar-refractivity contribution in [1.82, 2.24) is 0 Å². The van der Waals surface area contributed by atoms with Crippen molar-refractivity contribution in [2.45, 2.75) is 32.1 Å². The minimum Gasteiger partial charge on any atom is -0.490 e. The number of ether oxygens (including phenoxy) is 1. The number of fused-ring (bicyclic) bond motifs is 1. The van der Waals surface area contributed by atoms with Gasteiger partial charge in [0.2, 0.25) is 0 Å². The van der Waals surface area contributed by atoms with Gasteiger partial charge in [0.1, 0.15) is 11.1 Å². The molecular formula is C21H23FO3. The first-order chi connectivity index (χ1) is 12.2. The molecule has 0 saturated carbocycles. The third kappa shape index (κ3) is 5.18. The summed E-state index contributed by atoms with van der Waals surface area (Å²) in [7, 11) is 0. The molecule has 2 rings (SSSR count). The van der Waals surface area contributed by atoms with E-state index in [1.807, 2.05) is 12.2 Å². The first-order valence-corrected chi connectivity index (χ1v) is 8.42. The summed E-state index contributed by atoms with van der Waals surface area (Å²) in [4.78, 5) is 12.2. The molecule has 1 heterocycles. The Balaban J connectivity index is 2.15. The van der Waals surface area contributed by atoms with Gasteiger partial charge in [-0.3, -0.25) is 0 Å². The summed E-state index contributed by atoms with van der Waals surface area (Å²) in [6.07, 6.45) is 11.5. The van der Waals surface area contributed by atoms with Crippen molar-refractivity contribution in [2.24, 2.45) is 0 Å². The molecule has 1 aromatic carbocycles. The molecule has 0 radical (unpaired) electrons. The molecule has 4 heteroatoms. The number of unbranched alkanes of at least 4 members (excludes halogenated alkanes) is 1. The van der Waals surface area contributed by atoms with E-state index >= 15 is 0 Å². The molecule has 0 fully saturated rings. The van der Waals surface area contributed by atoms with E-state index < -0.39 is 11.4 Å². The van der Waals surface area contributed by atoms with Crippen molar-refractivity contribution in [3.63, 3.8) is 0 Å². The largest absolute Gasteiger partial charge is 0.490 e. The maximum Gasteiger partial charge on any atom is 0.346 e. The Morgan fingerprint density at radius 3 is 2.60 bits per heavy atom. The Kier molecular flexibility index (Phi) is 7.20. The van der Waals surface area contributed by atoms with Crippen LogP contribution in [0, 0.1) is 5.82 Å². The summed E-state index contributed by atoms with van der Waals surface area (Å²) in [5.74, 6) is -0.0728. The Labute approximate surface area is 147 Å². The molecule has 0 spiro atoms. The minimum atomic E-state index is -0.675. The summed E-state index contributed by atoms with van der Waals surface area (Å²) in [6, 6.07) is 4.94. The van der Waals surface area contributed by atoms with Gasteiger partial charge < -0.3 is 9.15 Å². The van der Waals surface area contributed by atoms with E-state index in [9.17, 15) is 9.18 Å². The van der Waals surface area contributed by atoms with E-state index in [0.29, 0.717) is 30.6 Å². The van der Waals surface area contributed by atoms with Crippen LogP contribution in [-0.2, 0) is 6.42 Å². The van der Waals surface area contributed by atoms with E-state index in [1.54, 1.807) is 24.3 Å². The predicted molar refractivity (Wildman–Crippen MR) is 99.6 cm³/mol. The highest BCUT2D eigenvalue weighted by Crippen LogP contribution is 2.25. The van der Waals surface area contributed by atoms with Gasteiger partial charge in [-0.05, 0) is 43.2 Å². The Bertz CT molecular complexity index is 818. The molecule has 1 aromatic heterocycles. The molecule has 132 valence electrons. The van der Waals surface area contributed by atoms with Gasteiger partial charge in [-0.1, -0.05) is 30.4 Å². The summed E-state index contributed by atoms with van der Waals surface area (Å²) >= 11 is 0. The third-order valence-electron chi connectivity index (χ3n) is 3.72. The highest BCUT2D eigenvalue weighted by molar-refractivity contribution is 5.83. The average molecular weight is 342 g/mol. The van der Waals surface area contributed by atoms with Crippen LogP contribution in [-0.4, -0.2) is 6.61 Å². The van der Waals surface area contributed by atoms with E-state index in [0.717, 1.165) is 19.3 Å². The Hall–Kier alpha value is -2.62. The number of rotatable bonds is 10. The molecule has 0 aliphatic carbocycles. The molecule has 0 aliphatic heterocycles. The highest BCUT2D eigenvalue weighted by Gasteiger charge is 2.14. The fourth-order valence-electron chi connectivity index (χ4n) is 2.43. The second kappa shape index (κ2) is 9.62. The number of hydrogen-bond donors (Lipinski definition) is 0. The van der Waals surface area contributed by atoms with Crippen molar-refractivity contribution in [1.29, 1.82) is 0 Å². The van der Waals surface area contributed by atoms with E-state index in [4.69, 9.17) is 9.15 Å². The van der Waals surface area contributed by atoms with E-state index in [1.165, 1.54) is 0 Å². The zero-order valence-electron chi connectivity index (χ0n) is 14.3. The summed E-state index contributed by atoms with van der Waals surface area (Å²) in [5.41, 5.74) is -0.671. The first-order valence-electron chi connectivity index (χ1n) is 8.42. The number of aryl methyl sites for hydroxylation is 1. The van der Waals surface area contributed by atoms with Gasteiger partial charge in [0.05, 0.1) is 6.61 Å². The van der Waals surface area contributed by atoms with Crippen LogP contribution in [0.1, 0.15) is 31.4 Å². The Morgan fingerprint density at radius 1 is 1.08 bits per heavy atom. The average Bonchev–Trinajstić information content (AvgIpc) is 2.60. The molecule has 3 nitrogen and oxygen atoms in total. The van der Waals surface area contributed by atoms with Crippen LogP contribution in [0.3, 0.4) is 0 Å². The van der Waals surface area contributed by atoms with Crippen LogP contribution < -0.4 is 10.4 Å². The van der Waals surface area contributed by atoms with Gasteiger partial charge in [0.25, 0.3) is 0 Å². The molecule has 0 unspecified atom stereocenters. The van der Waals surface area contributed by atoms with Crippen LogP contribution >= 0.6 is 0 Å². The van der Waals surface area contributed by atoms with E-state index in [2.05, 4.69) is 19.2 Å². The third-order valence-corrected chi connectivity index (χ3v) is 3.72. The van der Waals surface area contributed by atoms with E-state index in [-0.39, 0.29) is 11.1 Å². The van der Waals surface area contributed by atoms with Crippen LogP contribution in [0.4, 0.5) is 4.39 Å². The predicted octanol–water partition coefficient (Wildman–Crippen LogP) is 5.34. The SMILES string of the molecule is C=CCC/C=C/CCc1cc2ccc(OCCC=C)c(F)c2c(=O)o1. The number of allylic oxidation sites excluding steroid dienone is 3. The molecule has 2 aromatic rings. The van der Waals surface area contributed by atoms with Crippen LogP contribution in [0.5, 0.6) is 5.75 Å². The van der Waals surface area contributed by atoms with Crippen molar-refractivity contribution in [2.75, 3.05) is 6.61 Å². The highest BCUT2D eigenvalue weighted by atomic mass is 19.1. The van der Waals surface area contributed by atoms with Crippen LogP contribution in [0.2, 0.25) is 0 Å². The smallest absolute Gasteiger partial charge is 0.346 e. The van der Waals surface area contributed by atoms with Gasteiger partial charge in [-0.2, -0.15) is 0 Å². The second-order valence-electron chi connectivity index (χ2n) is 5.64. The quantitative estimate of drug-likeness (QED) is 0.432. The standard InChI is InChI=1S/C21H23FO3/c1-3-5-7-8-9-10-11-17-15-16-12-13-18(24-14-6-4-2)20(22)19(16)21(23)25-17/h3-4,8-9,12-13,15H,1-2,5-7,10-11,14H2/b9-8+. The first kappa shape index (κ1) is 18.7. The van der Waals surface area contributed by atoms with Crippen molar-refractivity contribution in [3.8, 4) is 5.75 Å². The summed E-state index contributed by atoms with van der Waals surface area (Å²) in [6.45, 7) is 7.57. The minimum absolute atomic E-state index is 0.0551. The molecule has 0 bridgehead atoms. The summed E-state index contributed by atoms with van der Waals surface area (Å²) in [5, 5.41) is 0.455. The molecule has 0 saturated heterocycles. The molecule has 0 aliphatic rings. The second-order valence-corrected chi connectivity index (χ2v) is 5.64. The van der Waals surface area contributed by atoms with Gasteiger partial charge in [-0.15, -0.1) is 13.2 Å². The van der Waals surface area contributed by atoms with Gasteiger partial charge >= 0.3 is 5.63 Å². The fraction of sp³-hybridized carbons (Fsp3) is 0.286. The molecule has 25 heavy (non-hydrogen) atoms. The zero-order valence-corrected chi connectivity index (χ0v) is 14.3. The van der Waals surface area contributed by atoms with Crippen LogP contribution in [0.15, 0.2) is 64.9 Å². The molecule has 0 N–H and O–H groups in total. The lowest BCUT2D eigenvalue weighted by Crippen LogP contribution is -2.06. The lowest BCUT2D eigenvalue weighted by atomic mass is 10.1. The normalized spacial score (nSPS) is 11.1. The lowest BCUT2D eigenvalue weighted by molar-refractivity contribution is 0.309. The Morgan fingerprint density at radius 2 is 1.84 bits per heavy atom. The number of hydrogen-bond acceptors (Lipinski definition) is 3. The molecular weight excluding hydrogens is 319 g/mol. The molecule has 0 atom stereocenters. The maximum atomic E-state index is 14.5. The molecule has 0 amide bonds. The monoisotopic (exact) mass is 342 g/mol. The maximum absolute atomic E-state index is 14.5. The number of halogens is 1.